The van der Waals surface area contributed by atoms with E-state index >= 15 is 0 Å². The Morgan fingerprint density at radius 3 is 2.74 bits per heavy atom. The predicted molar refractivity (Wildman–Crippen MR) is 123 cm³/mol. The highest BCUT2D eigenvalue weighted by Crippen LogP contribution is 2.36. The normalized spacial score (nSPS) is 16.0. The van der Waals surface area contributed by atoms with Crippen molar-refractivity contribution in [2.75, 3.05) is 13.8 Å². The fraction of sp³-hybridized carbons (Fsp3) is 0.400. The van der Waals surface area contributed by atoms with Crippen molar-refractivity contribution in [3.8, 4) is 11.5 Å². The molecule has 31 heavy (non-hydrogen) atoms. The predicted octanol–water partition coefficient (Wildman–Crippen LogP) is 6.00. The Morgan fingerprint density at radius 2 is 1.87 bits per heavy atom. The topological polar surface area (TPSA) is 51.9 Å². The van der Waals surface area contributed by atoms with Gasteiger partial charge in [-0.1, -0.05) is 43.5 Å². The summed E-state index contributed by atoms with van der Waals surface area (Å²) in [5.41, 5.74) is 2.80. The monoisotopic (exact) mass is 437 g/mol. The van der Waals surface area contributed by atoms with E-state index in [1.165, 1.54) is 32.1 Å². The summed E-state index contributed by atoms with van der Waals surface area (Å²) >= 11 is 1.97. The van der Waals surface area contributed by atoms with Gasteiger partial charge in [0, 0.05) is 35.5 Å². The molecule has 0 unspecified atom stereocenters. The zero-order valence-corrected chi connectivity index (χ0v) is 18.6. The lowest BCUT2D eigenvalue weighted by Gasteiger charge is -2.21. The van der Waals surface area contributed by atoms with E-state index in [1.807, 2.05) is 55.2 Å². The van der Waals surface area contributed by atoms with Crippen molar-refractivity contribution >= 4 is 28.6 Å². The van der Waals surface area contributed by atoms with Crippen LogP contribution < -0.4 is 9.47 Å². The number of nitrogens with zero attached hydrogens (tertiary/aromatic N) is 1. The highest BCUT2D eigenvalue weighted by Gasteiger charge is 2.25. The smallest absolute Gasteiger partial charge is 0.289 e. The molecule has 1 saturated carbocycles. The van der Waals surface area contributed by atoms with Crippen LogP contribution in [0, 0.1) is 0 Å². The van der Waals surface area contributed by atoms with E-state index in [9.17, 15) is 4.79 Å². The highest BCUT2D eigenvalue weighted by atomic mass is 32.2. The van der Waals surface area contributed by atoms with E-state index in [1.54, 1.807) is 4.90 Å². The summed E-state index contributed by atoms with van der Waals surface area (Å²) in [5, 5.41) is 1.72. The summed E-state index contributed by atoms with van der Waals surface area (Å²) < 4.78 is 16.9. The molecule has 3 aromatic rings. The van der Waals surface area contributed by atoms with Crippen LogP contribution in [0.2, 0.25) is 0 Å². The van der Waals surface area contributed by atoms with E-state index in [0.717, 1.165) is 39.3 Å². The Morgan fingerprint density at radius 1 is 1.06 bits per heavy atom. The summed E-state index contributed by atoms with van der Waals surface area (Å²) in [6.07, 6.45) is 6.52. The average molecular weight is 438 g/mol. The fourth-order valence-corrected chi connectivity index (χ4v) is 5.76. The van der Waals surface area contributed by atoms with Crippen molar-refractivity contribution in [2.24, 2.45) is 0 Å². The minimum absolute atomic E-state index is 0.0897. The molecule has 0 N–H and O–H groups in total. The van der Waals surface area contributed by atoms with Crippen LogP contribution in [0.4, 0.5) is 0 Å². The number of amides is 1. The number of fused-ring (bicyclic) bond motifs is 2. The van der Waals surface area contributed by atoms with Crippen LogP contribution in [0.15, 0.2) is 46.9 Å². The Bertz CT molecular complexity index is 1090. The molecule has 1 aromatic heterocycles. The molecule has 0 atom stereocenters. The summed E-state index contributed by atoms with van der Waals surface area (Å²) in [6, 6.07) is 13.8. The molecule has 0 spiro atoms. The van der Waals surface area contributed by atoms with Crippen molar-refractivity contribution in [3.05, 3.63) is 59.4 Å². The van der Waals surface area contributed by atoms with Gasteiger partial charge in [-0.2, -0.15) is 11.8 Å². The maximum Gasteiger partial charge on any atom is 0.289 e. The number of carbonyl (C=O) groups is 1. The number of hydrogen-bond donors (Lipinski definition) is 0. The van der Waals surface area contributed by atoms with E-state index in [-0.39, 0.29) is 12.7 Å². The van der Waals surface area contributed by atoms with Gasteiger partial charge < -0.3 is 18.8 Å². The van der Waals surface area contributed by atoms with Gasteiger partial charge in [-0.25, -0.2) is 0 Å². The molecule has 6 heteroatoms. The quantitative estimate of drug-likeness (QED) is 0.473. The van der Waals surface area contributed by atoms with Gasteiger partial charge in [0.25, 0.3) is 5.91 Å². The van der Waals surface area contributed by atoms with Gasteiger partial charge in [-0.15, -0.1) is 0 Å². The van der Waals surface area contributed by atoms with Crippen LogP contribution in [0.25, 0.3) is 11.0 Å². The van der Waals surface area contributed by atoms with Crippen LogP contribution in [0.5, 0.6) is 11.5 Å². The van der Waals surface area contributed by atoms with Gasteiger partial charge in [-0.05, 0) is 36.6 Å². The zero-order valence-electron chi connectivity index (χ0n) is 17.8. The lowest BCUT2D eigenvalue weighted by Crippen LogP contribution is -2.26. The molecule has 2 heterocycles. The molecule has 1 aliphatic heterocycles. The van der Waals surface area contributed by atoms with Crippen LogP contribution in [0.3, 0.4) is 0 Å². The first kappa shape index (κ1) is 20.3. The third-order valence-electron chi connectivity index (χ3n) is 6.11. The first-order valence-corrected chi connectivity index (χ1v) is 12.0. The lowest BCUT2D eigenvalue weighted by molar-refractivity contribution is 0.0754. The van der Waals surface area contributed by atoms with E-state index < -0.39 is 0 Å². The average Bonchev–Trinajstić information content (AvgIpc) is 3.42. The van der Waals surface area contributed by atoms with Crippen molar-refractivity contribution < 1.29 is 18.7 Å². The van der Waals surface area contributed by atoms with E-state index in [2.05, 4.69) is 6.07 Å². The van der Waals surface area contributed by atoms with Crippen molar-refractivity contribution in [3.63, 3.8) is 0 Å². The van der Waals surface area contributed by atoms with E-state index in [4.69, 9.17) is 13.9 Å². The van der Waals surface area contributed by atoms with Crippen molar-refractivity contribution in [1.29, 1.82) is 0 Å². The molecule has 1 amide bonds. The van der Waals surface area contributed by atoms with Gasteiger partial charge >= 0.3 is 0 Å². The molecular formula is C25H27NO4S. The SMILES string of the molecule is CN(Cc1ccc2c(c1)OCO2)C(=O)c1oc2ccccc2c1CSC1CCCCC1. The standard InChI is InChI=1S/C25H27NO4S/c1-26(14-17-11-12-22-23(13-17)29-16-28-22)25(27)24-20(15-31-18-7-3-2-4-8-18)19-9-5-6-10-21(19)30-24/h5-6,9-13,18H,2-4,7-8,14-16H2,1H3. The number of thioether (sulfide) groups is 1. The van der Waals surface area contributed by atoms with Crippen molar-refractivity contribution in [2.45, 2.75) is 49.7 Å². The number of hydrogen-bond acceptors (Lipinski definition) is 5. The van der Waals surface area contributed by atoms with Gasteiger partial charge in [0.05, 0.1) is 0 Å². The van der Waals surface area contributed by atoms with E-state index in [0.29, 0.717) is 17.6 Å². The first-order valence-electron chi connectivity index (χ1n) is 10.9. The van der Waals surface area contributed by atoms with Crippen LogP contribution in [-0.4, -0.2) is 29.9 Å². The van der Waals surface area contributed by atoms with Gasteiger partial charge in [0.15, 0.2) is 17.3 Å². The second-order valence-electron chi connectivity index (χ2n) is 8.33. The largest absolute Gasteiger partial charge is 0.454 e. The maximum absolute atomic E-state index is 13.4. The Labute approximate surface area is 186 Å². The number of furan rings is 1. The zero-order chi connectivity index (χ0) is 21.2. The molecule has 0 saturated heterocycles. The summed E-state index contributed by atoms with van der Waals surface area (Å²) in [4.78, 5) is 15.1. The molecule has 2 aliphatic rings. The van der Waals surface area contributed by atoms with Gasteiger partial charge in [0.2, 0.25) is 6.79 Å². The second-order valence-corrected chi connectivity index (χ2v) is 9.61. The third-order valence-corrected chi connectivity index (χ3v) is 7.51. The second kappa shape index (κ2) is 8.87. The highest BCUT2D eigenvalue weighted by molar-refractivity contribution is 7.99. The molecule has 1 fully saturated rings. The number of para-hydroxylation sites is 1. The molecule has 5 rings (SSSR count). The minimum Gasteiger partial charge on any atom is -0.454 e. The number of benzene rings is 2. The molecular weight excluding hydrogens is 410 g/mol. The molecule has 0 bridgehead atoms. The number of rotatable bonds is 6. The molecule has 1 aliphatic carbocycles. The van der Waals surface area contributed by atoms with Gasteiger partial charge in [0.1, 0.15) is 5.58 Å². The summed E-state index contributed by atoms with van der Waals surface area (Å²) in [5.74, 6) is 2.66. The molecule has 162 valence electrons. The van der Waals surface area contributed by atoms with Crippen LogP contribution >= 0.6 is 11.8 Å². The summed E-state index contributed by atoms with van der Waals surface area (Å²) in [6.45, 7) is 0.719. The number of carbonyl (C=O) groups excluding carboxylic acids is 1. The lowest BCUT2D eigenvalue weighted by atomic mass is 10.0. The third kappa shape index (κ3) is 4.26. The molecule has 5 nitrogen and oxygen atoms in total. The maximum atomic E-state index is 13.4. The Hall–Kier alpha value is -2.60. The Kier molecular flexibility index (Phi) is 5.81. The molecule has 2 aromatic carbocycles. The van der Waals surface area contributed by atoms with Gasteiger partial charge in [-0.3, -0.25) is 4.79 Å². The summed E-state index contributed by atoms with van der Waals surface area (Å²) in [7, 11) is 1.82. The first-order chi connectivity index (χ1) is 15.2. The van der Waals surface area contributed by atoms with Crippen molar-refractivity contribution in [1.82, 2.24) is 4.90 Å². The molecule has 0 radical (unpaired) electrons. The number of ether oxygens (including phenoxy) is 2. The Balaban J connectivity index is 1.37. The van der Waals surface area contributed by atoms with Crippen LogP contribution in [-0.2, 0) is 12.3 Å². The fourth-order valence-electron chi connectivity index (χ4n) is 4.41. The minimum atomic E-state index is -0.0897. The van der Waals surface area contributed by atoms with Crippen LogP contribution in [0.1, 0.15) is 53.8 Å².